The SMILES string of the molecule is CCCCCCCC1(CCCCCCC)c2ccccc2-c2c1c1c(c3c2oc2ccccc23)-c2ccc(N(c3ccc4c(c3)C3(c5ccccc5-c5ccccc53)c3cc5c(cc3-4)C3(c4ccccc4-c4ccccc43)c3ccc4oc6ccccc6c4c3-5)c3c(-c4ccccc4)cccc3-c3ccccc3)cc2C1(CCCCCCC)CCCCCCC. The minimum atomic E-state index is -0.761. The lowest BCUT2D eigenvalue weighted by Gasteiger charge is -2.40. The molecule has 0 radical (unpaired) electrons. The van der Waals surface area contributed by atoms with Gasteiger partial charge in [-0.2, -0.15) is 0 Å². The summed E-state index contributed by atoms with van der Waals surface area (Å²) in [5.41, 5.74) is 42.8. The molecule has 125 heavy (non-hydrogen) atoms. The van der Waals surface area contributed by atoms with Crippen molar-refractivity contribution in [1.82, 2.24) is 0 Å². The van der Waals surface area contributed by atoms with Gasteiger partial charge in [-0.3, -0.25) is 0 Å². The van der Waals surface area contributed by atoms with E-state index in [1.165, 1.54) is 282 Å². The van der Waals surface area contributed by atoms with Gasteiger partial charge in [-0.25, -0.2) is 0 Å². The number of anilines is 3. The van der Waals surface area contributed by atoms with Crippen molar-refractivity contribution in [1.29, 1.82) is 0 Å². The molecule has 3 heteroatoms. The minimum Gasteiger partial charge on any atom is -0.456 e. The normalized spacial score (nSPS) is 14.6. The summed E-state index contributed by atoms with van der Waals surface area (Å²) in [6.07, 6.45) is 29.0. The number of unbranched alkanes of at least 4 members (excludes halogenated alkanes) is 16. The molecule has 0 saturated heterocycles. The molecule has 0 aliphatic heterocycles. The van der Waals surface area contributed by atoms with Crippen molar-refractivity contribution < 1.29 is 8.83 Å². The second kappa shape index (κ2) is 31.4. The number of para-hydroxylation sites is 3. The van der Waals surface area contributed by atoms with E-state index in [1.54, 1.807) is 16.7 Å². The lowest BCUT2D eigenvalue weighted by molar-refractivity contribution is 0.369. The lowest BCUT2D eigenvalue weighted by atomic mass is 9.62. The number of furan rings is 2. The molecule has 0 bridgehead atoms. The Morgan fingerprint density at radius 3 is 1.14 bits per heavy atom. The van der Waals surface area contributed by atoms with Gasteiger partial charge in [-0.15, -0.1) is 0 Å². The quantitative estimate of drug-likeness (QED) is 0.0438. The molecular formula is C122H111NO2. The van der Waals surface area contributed by atoms with Crippen LogP contribution in [0.4, 0.5) is 17.1 Å². The molecule has 0 N–H and O–H groups in total. The van der Waals surface area contributed by atoms with Gasteiger partial charge in [0, 0.05) is 60.4 Å². The molecular weight excluding hydrogens is 1510 g/mol. The van der Waals surface area contributed by atoms with E-state index in [0.29, 0.717) is 0 Å². The Hall–Kier alpha value is -12.3. The Kier molecular flexibility index (Phi) is 19.5. The molecule has 2 spiro atoms. The first-order chi connectivity index (χ1) is 61.9. The Labute approximate surface area is 738 Å². The lowest BCUT2D eigenvalue weighted by Crippen LogP contribution is -2.33. The number of rotatable bonds is 29. The van der Waals surface area contributed by atoms with E-state index >= 15 is 0 Å². The van der Waals surface area contributed by atoms with E-state index in [4.69, 9.17) is 8.83 Å². The molecule has 15 aromatic carbocycles. The van der Waals surface area contributed by atoms with Crippen molar-refractivity contribution in [2.75, 3.05) is 4.90 Å². The topological polar surface area (TPSA) is 29.5 Å². The first-order valence-corrected chi connectivity index (χ1v) is 47.9. The molecule has 3 nitrogen and oxygen atoms in total. The van der Waals surface area contributed by atoms with Crippen LogP contribution in [0.2, 0.25) is 0 Å². The van der Waals surface area contributed by atoms with Gasteiger partial charge in [0.2, 0.25) is 0 Å². The summed E-state index contributed by atoms with van der Waals surface area (Å²) in [5, 5.41) is 4.86. The summed E-state index contributed by atoms with van der Waals surface area (Å²) in [5.74, 6) is 0. The van der Waals surface area contributed by atoms with E-state index in [9.17, 15) is 0 Å². The highest BCUT2D eigenvalue weighted by Gasteiger charge is 2.59. The predicted octanol–water partition coefficient (Wildman–Crippen LogP) is 35.0. The summed E-state index contributed by atoms with van der Waals surface area (Å²) >= 11 is 0. The van der Waals surface area contributed by atoms with E-state index in [0.717, 1.165) is 71.9 Å². The third-order valence-corrected chi connectivity index (χ3v) is 30.8. The molecule has 6 aliphatic carbocycles. The maximum absolute atomic E-state index is 7.76. The Balaban J connectivity index is 0.827. The van der Waals surface area contributed by atoms with Gasteiger partial charge >= 0.3 is 0 Å². The number of benzene rings is 15. The zero-order chi connectivity index (χ0) is 83.5. The average molecular weight is 1620 g/mol. The van der Waals surface area contributed by atoms with Crippen molar-refractivity contribution in [2.45, 2.75) is 203 Å². The molecule has 616 valence electrons. The van der Waals surface area contributed by atoms with Crippen LogP contribution in [0, 0.1) is 0 Å². The molecule has 0 saturated carbocycles. The first kappa shape index (κ1) is 77.5. The molecule has 23 rings (SSSR count). The molecule has 0 amide bonds. The highest BCUT2D eigenvalue weighted by atomic mass is 16.3. The third-order valence-electron chi connectivity index (χ3n) is 30.8. The summed E-state index contributed by atoms with van der Waals surface area (Å²) in [7, 11) is 0. The summed E-state index contributed by atoms with van der Waals surface area (Å²) < 4.78 is 14.8. The first-order valence-electron chi connectivity index (χ1n) is 47.9. The van der Waals surface area contributed by atoms with Crippen LogP contribution in [0.3, 0.4) is 0 Å². The van der Waals surface area contributed by atoms with E-state index in [1.807, 2.05) is 0 Å². The Morgan fingerprint density at radius 1 is 0.232 bits per heavy atom. The zero-order valence-corrected chi connectivity index (χ0v) is 73.2. The molecule has 6 aliphatic rings. The highest BCUT2D eigenvalue weighted by Crippen LogP contribution is 2.72. The number of fused-ring (bicyclic) bond motifs is 36. The number of nitrogens with zero attached hydrogens (tertiary/aromatic N) is 1. The van der Waals surface area contributed by atoms with Gasteiger partial charge < -0.3 is 13.7 Å². The summed E-state index contributed by atoms with van der Waals surface area (Å²) in [6.45, 7) is 9.53. The third kappa shape index (κ3) is 11.5. The summed E-state index contributed by atoms with van der Waals surface area (Å²) in [6, 6.07) is 121. The second-order valence-corrected chi connectivity index (χ2v) is 37.5. The van der Waals surface area contributed by atoms with Crippen LogP contribution in [0.25, 0.3) is 133 Å². The number of hydrogen-bond acceptors (Lipinski definition) is 3. The van der Waals surface area contributed by atoms with Crippen molar-refractivity contribution in [3.05, 3.63) is 376 Å². The second-order valence-electron chi connectivity index (χ2n) is 37.5. The largest absolute Gasteiger partial charge is 0.456 e. The molecule has 0 fully saturated rings. The van der Waals surface area contributed by atoms with Gasteiger partial charge in [0.15, 0.2) is 0 Å². The number of hydrogen-bond donors (Lipinski definition) is 0. The standard InChI is InChI=1S/C122H111NO2/c1-5-9-13-17-41-72-119(73-42-18-14-10-6-2)97-59-34-31-54-91(97)114-116(119)115-112(113-94-56-33-40-65-108(94)125-118(113)114)92-69-67-82(76-103(92)120(115,74-43-19-15-11-7-3)75-44-20-16-12-8-4)123(117-84(80-46-23-21-24-47-80)57-45-58-85(117)81-48-25-22-26-49-81)83-66-68-90-95-78-106-96(79-105(95)122(104(90)77-83)100-62-37-29-52-88(100)89-53-30-38-63-101(89)122)110-102(70-71-109-111(110)93-55-32-39-64-107(93)124-109)121(106)98-60-35-27-50-86(98)87-51-28-36-61-99(87)121/h21-40,45-71,76-79H,5-20,41-44,72-75H2,1-4H3. The maximum atomic E-state index is 7.76. The molecule has 0 unspecified atom stereocenters. The fourth-order valence-corrected chi connectivity index (χ4v) is 25.6. The Bertz CT molecular complexity index is 6900. The fourth-order valence-electron chi connectivity index (χ4n) is 25.6. The fraction of sp³-hybridized carbons (Fsp3) is 0.262. The van der Waals surface area contributed by atoms with Crippen molar-refractivity contribution in [2.24, 2.45) is 0 Å². The van der Waals surface area contributed by atoms with E-state index in [2.05, 4.69) is 342 Å². The molecule has 17 aromatic rings. The van der Waals surface area contributed by atoms with Crippen LogP contribution < -0.4 is 4.90 Å². The van der Waals surface area contributed by atoms with Crippen molar-refractivity contribution in [3.8, 4) is 89.0 Å². The zero-order valence-electron chi connectivity index (χ0n) is 73.2. The van der Waals surface area contributed by atoms with Gasteiger partial charge in [-0.1, -0.05) is 411 Å². The van der Waals surface area contributed by atoms with Gasteiger partial charge in [-0.05, 0) is 219 Å². The average Bonchev–Trinajstić information content (AvgIpc) is 1.49. The van der Waals surface area contributed by atoms with E-state index in [-0.39, 0.29) is 10.8 Å². The maximum Gasteiger partial charge on any atom is 0.144 e. The van der Waals surface area contributed by atoms with Gasteiger partial charge in [0.05, 0.1) is 16.5 Å². The molecule has 0 atom stereocenters. The minimum absolute atomic E-state index is 0.223. The van der Waals surface area contributed by atoms with Crippen molar-refractivity contribution in [3.63, 3.8) is 0 Å². The van der Waals surface area contributed by atoms with E-state index < -0.39 is 10.8 Å². The van der Waals surface area contributed by atoms with Gasteiger partial charge in [0.1, 0.15) is 22.3 Å². The molecule has 2 heterocycles. The van der Waals surface area contributed by atoms with Gasteiger partial charge in [0.25, 0.3) is 0 Å². The van der Waals surface area contributed by atoms with Crippen molar-refractivity contribution >= 4 is 60.9 Å². The molecule has 2 aromatic heterocycles. The highest BCUT2D eigenvalue weighted by molar-refractivity contribution is 6.22. The Morgan fingerprint density at radius 2 is 0.608 bits per heavy atom. The smallest absolute Gasteiger partial charge is 0.144 e. The van der Waals surface area contributed by atoms with Crippen LogP contribution in [0.15, 0.2) is 318 Å². The van der Waals surface area contributed by atoms with Crippen LogP contribution in [-0.2, 0) is 21.7 Å². The summed E-state index contributed by atoms with van der Waals surface area (Å²) in [4.78, 5) is 2.78. The monoisotopic (exact) mass is 1620 g/mol. The predicted molar refractivity (Wildman–Crippen MR) is 525 cm³/mol. The van der Waals surface area contributed by atoms with Crippen LogP contribution in [0.5, 0.6) is 0 Å². The van der Waals surface area contributed by atoms with Crippen LogP contribution in [0.1, 0.15) is 249 Å². The van der Waals surface area contributed by atoms with Crippen LogP contribution >= 0.6 is 0 Å². The van der Waals surface area contributed by atoms with Crippen LogP contribution in [-0.4, -0.2) is 0 Å².